The summed E-state index contributed by atoms with van der Waals surface area (Å²) in [7, 11) is 0. The summed E-state index contributed by atoms with van der Waals surface area (Å²) in [5.41, 5.74) is 0.993. The van der Waals surface area contributed by atoms with Crippen LogP contribution < -0.4 is 14.8 Å². The zero-order valence-electron chi connectivity index (χ0n) is 14.9. The lowest BCUT2D eigenvalue weighted by Crippen LogP contribution is -2.51. The molecule has 2 amide bonds. The number of amides is 2. The average molecular weight is 346 g/mol. The van der Waals surface area contributed by atoms with Crippen molar-refractivity contribution in [2.75, 3.05) is 13.3 Å². The molecule has 1 saturated carbocycles. The van der Waals surface area contributed by atoms with Gasteiger partial charge in [-0.1, -0.05) is 18.9 Å². The van der Waals surface area contributed by atoms with Gasteiger partial charge in [0.25, 0.3) is 0 Å². The van der Waals surface area contributed by atoms with Crippen LogP contribution in [0.3, 0.4) is 0 Å². The Morgan fingerprint density at radius 2 is 1.96 bits per heavy atom. The van der Waals surface area contributed by atoms with Crippen LogP contribution in [0.15, 0.2) is 18.2 Å². The molecule has 0 radical (unpaired) electrons. The van der Waals surface area contributed by atoms with Crippen LogP contribution in [0.1, 0.15) is 45.1 Å². The highest BCUT2D eigenvalue weighted by atomic mass is 16.7. The molecule has 1 heterocycles. The predicted molar refractivity (Wildman–Crippen MR) is 93.2 cm³/mol. The third kappa shape index (κ3) is 4.06. The van der Waals surface area contributed by atoms with Gasteiger partial charge in [0.05, 0.1) is 0 Å². The Bertz CT molecular complexity index is 640. The van der Waals surface area contributed by atoms with Crippen LogP contribution in [0.25, 0.3) is 0 Å². The Balaban J connectivity index is 1.73. The first-order valence-corrected chi connectivity index (χ1v) is 9.03. The molecule has 1 unspecified atom stereocenters. The number of carbonyl (C=O) groups is 2. The van der Waals surface area contributed by atoms with Crippen molar-refractivity contribution < 1.29 is 19.1 Å². The van der Waals surface area contributed by atoms with Gasteiger partial charge in [-0.15, -0.1) is 0 Å². The lowest BCUT2D eigenvalue weighted by atomic mass is 9.96. The fourth-order valence-corrected chi connectivity index (χ4v) is 3.69. The number of hydrogen-bond donors (Lipinski definition) is 1. The minimum Gasteiger partial charge on any atom is -0.454 e. The molecule has 1 aliphatic carbocycles. The molecule has 0 aromatic heterocycles. The topological polar surface area (TPSA) is 67.9 Å². The lowest BCUT2D eigenvalue weighted by molar-refractivity contribution is -0.138. The summed E-state index contributed by atoms with van der Waals surface area (Å²) in [5.74, 6) is 1.55. The van der Waals surface area contributed by atoms with E-state index in [1.165, 1.54) is 6.92 Å². The molecule has 6 nitrogen and oxygen atoms in total. The number of benzene rings is 1. The maximum Gasteiger partial charge on any atom is 0.245 e. The van der Waals surface area contributed by atoms with Crippen molar-refractivity contribution in [3.63, 3.8) is 0 Å². The number of nitrogens with zero attached hydrogens (tertiary/aromatic N) is 1. The lowest BCUT2D eigenvalue weighted by Gasteiger charge is -2.30. The second-order valence-electron chi connectivity index (χ2n) is 6.76. The average Bonchev–Trinajstić information content (AvgIpc) is 3.27. The highest BCUT2D eigenvalue weighted by molar-refractivity contribution is 5.87. The fraction of sp³-hybridized carbons (Fsp3) is 0.579. The highest BCUT2D eigenvalue weighted by Gasteiger charge is 2.33. The first-order valence-electron chi connectivity index (χ1n) is 9.03. The maximum atomic E-state index is 13.1. The summed E-state index contributed by atoms with van der Waals surface area (Å²) in [6, 6.07) is 5.32. The monoisotopic (exact) mass is 346 g/mol. The van der Waals surface area contributed by atoms with Gasteiger partial charge in [0.2, 0.25) is 18.6 Å². The zero-order chi connectivity index (χ0) is 17.8. The van der Waals surface area contributed by atoms with Crippen LogP contribution in [0.5, 0.6) is 11.5 Å². The molecule has 0 saturated heterocycles. The van der Waals surface area contributed by atoms with Crippen LogP contribution in [0.2, 0.25) is 0 Å². The van der Waals surface area contributed by atoms with Crippen molar-refractivity contribution in [1.82, 2.24) is 10.2 Å². The number of fused-ring (bicyclic) bond motifs is 1. The molecule has 3 rings (SSSR count). The molecule has 0 bridgehead atoms. The molecule has 6 heteroatoms. The third-order valence-electron chi connectivity index (χ3n) is 5.00. The van der Waals surface area contributed by atoms with Crippen LogP contribution in [0, 0.1) is 5.92 Å². The molecular weight excluding hydrogens is 320 g/mol. The molecule has 1 atom stereocenters. The van der Waals surface area contributed by atoms with Gasteiger partial charge in [-0.25, -0.2) is 0 Å². The summed E-state index contributed by atoms with van der Waals surface area (Å²) >= 11 is 0. The van der Waals surface area contributed by atoms with E-state index in [9.17, 15) is 9.59 Å². The van der Waals surface area contributed by atoms with Crippen molar-refractivity contribution in [3.8, 4) is 11.5 Å². The predicted octanol–water partition coefficient (Wildman–Crippen LogP) is 2.46. The fourth-order valence-electron chi connectivity index (χ4n) is 3.69. The van der Waals surface area contributed by atoms with E-state index in [4.69, 9.17) is 9.47 Å². The molecule has 25 heavy (non-hydrogen) atoms. The Kier molecular flexibility index (Phi) is 5.46. The first kappa shape index (κ1) is 17.6. The number of ether oxygens (including phenoxy) is 2. The molecule has 2 aliphatic rings. The number of rotatable bonds is 6. The molecule has 0 spiro atoms. The van der Waals surface area contributed by atoms with E-state index >= 15 is 0 Å². The molecule has 1 aliphatic heterocycles. The van der Waals surface area contributed by atoms with E-state index in [0.29, 0.717) is 13.1 Å². The van der Waals surface area contributed by atoms with Gasteiger partial charge >= 0.3 is 0 Å². The van der Waals surface area contributed by atoms with Crippen molar-refractivity contribution in [2.45, 2.75) is 52.1 Å². The van der Waals surface area contributed by atoms with E-state index in [1.54, 1.807) is 4.90 Å². The van der Waals surface area contributed by atoms with Gasteiger partial charge in [-0.3, -0.25) is 9.59 Å². The SMILES string of the molecule is CCN(Cc1ccc2c(c1)OCO2)C(=O)C(NC(C)=O)C1CCCC1. The number of likely N-dealkylation sites (N-methyl/N-ethyl adjacent to an activating group) is 1. The molecule has 1 aromatic carbocycles. The van der Waals surface area contributed by atoms with Gasteiger partial charge in [0.1, 0.15) is 6.04 Å². The van der Waals surface area contributed by atoms with Crippen molar-refractivity contribution in [2.24, 2.45) is 5.92 Å². The molecular formula is C19H26N2O4. The number of hydrogen-bond acceptors (Lipinski definition) is 4. The van der Waals surface area contributed by atoms with Crippen LogP contribution in [-0.2, 0) is 16.1 Å². The summed E-state index contributed by atoms with van der Waals surface area (Å²) in [6.45, 7) is 4.76. The second-order valence-corrected chi connectivity index (χ2v) is 6.76. The molecule has 1 N–H and O–H groups in total. The Hall–Kier alpha value is -2.24. The third-order valence-corrected chi connectivity index (χ3v) is 5.00. The Labute approximate surface area is 148 Å². The Morgan fingerprint density at radius 3 is 2.64 bits per heavy atom. The summed E-state index contributed by atoms with van der Waals surface area (Å²) in [5, 5.41) is 2.89. The van der Waals surface area contributed by atoms with Gasteiger partial charge in [-0.2, -0.15) is 0 Å². The van der Waals surface area contributed by atoms with Crippen molar-refractivity contribution >= 4 is 11.8 Å². The van der Waals surface area contributed by atoms with Crippen molar-refractivity contribution in [3.05, 3.63) is 23.8 Å². The standard InChI is InChI=1S/C19H26N2O4/c1-3-21(11-14-8-9-16-17(10-14)25-12-24-16)19(23)18(20-13(2)22)15-6-4-5-7-15/h8-10,15,18H,3-7,11-12H2,1-2H3,(H,20,22). The Morgan fingerprint density at radius 1 is 1.24 bits per heavy atom. The van der Waals surface area contributed by atoms with Gasteiger partial charge in [-0.05, 0) is 43.4 Å². The smallest absolute Gasteiger partial charge is 0.245 e. The molecule has 1 aromatic rings. The molecule has 1 fully saturated rings. The van der Waals surface area contributed by atoms with Crippen LogP contribution in [-0.4, -0.2) is 36.1 Å². The number of carbonyl (C=O) groups excluding carboxylic acids is 2. The van der Waals surface area contributed by atoms with Gasteiger partial charge < -0.3 is 19.7 Å². The van der Waals surface area contributed by atoms with E-state index in [2.05, 4.69) is 5.32 Å². The largest absolute Gasteiger partial charge is 0.454 e. The molecule has 136 valence electrons. The maximum absolute atomic E-state index is 13.1. The summed E-state index contributed by atoms with van der Waals surface area (Å²) < 4.78 is 10.7. The normalized spacial score (nSPS) is 17.4. The van der Waals surface area contributed by atoms with Gasteiger partial charge in [0.15, 0.2) is 11.5 Å². The zero-order valence-corrected chi connectivity index (χ0v) is 14.9. The minimum atomic E-state index is -0.422. The second kappa shape index (κ2) is 7.76. The summed E-state index contributed by atoms with van der Waals surface area (Å²) in [4.78, 5) is 26.5. The van der Waals surface area contributed by atoms with Crippen LogP contribution in [0.4, 0.5) is 0 Å². The van der Waals surface area contributed by atoms with E-state index < -0.39 is 6.04 Å². The minimum absolute atomic E-state index is 0.00210. The first-order chi connectivity index (χ1) is 12.1. The van der Waals surface area contributed by atoms with E-state index in [-0.39, 0.29) is 24.5 Å². The number of nitrogens with one attached hydrogen (secondary N) is 1. The summed E-state index contributed by atoms with van der Waals surface area (Å²) in [6.07, 6.45) is 4.25. The highest BCUT2D eigenvalue weighted by Crippen LogP contribution is 2.33. The van der Waals surface area contributed by atoms with Gasteiger partial charge in [0, 0.05) is 20.0 Å². The quantitative estimate of drug-likeness (QED) is 0.859. The van der Waals surface area contributed by atoms with E-state index in [0.717, 1.165) is 42.7 Å². The van der Waals surface area contributed by atoms with E-state index in [1.807, 2.05) is 25.1 Å². The van der Waals surface area contributed by atoms with Crippen molar-refractivity contribution in [1.29, 1.82) is 0 Å². The van der Waals surface area contributed by atoms with Crippen LogP contribution >= 0.6 is 0 Å².